The first-order chi connectivity index (χ1) is 8.22. The van der Waals surface area contributed by atoms with Gasteiger partial charge < -0.3 is 10.2 Å². The second-order valence-electron chi connectivity index (χ2n) is 4.23. The summed E-state index contributed by atoms with van der Waals surface area (Å²) in [5.41, 5.74) is 0.540. The number of likely N-dealkylation sites (tertiary alicyclic amines) is 1. The smallest absolute Gasteiger partial charge is 0.255 e. The molecule has 4 nitrogen and oxygen atoms in total. The summed E-state index contributed by atoms with van der Waals surface area (Å²) < 4.78 is 0. The number of nitrogens with zero attached hydrogens (tertiary/aromatic N) is 2. The fourth-order valence-electron chi connectivity index (χ4n) is 2.12. The van der Waals surface area contributed by atoms with E-state index in [1.807, 2.05) is 11.9 Å². The van der Waals surface area contributed by atoms with Gasteiger partial charge in [0.15, 0.2) is 0 Å². The van der Waals surface area contributed by atoms with Crippen molar-refractivity contribution in [2.24, 2.45) is 0 Å². The van der Waals surface area contributed by atoms with Crippen molar-refractivity contribution in [3.8, 4) is 0 Å². The van der Waals surface area contributed by atoms with Gasteiger partial charge in [0.1, 0.15) is 0 Å². The van der Waals surface area contributed by atoms with Crippen LogP contribution in [-0.4, -0.2) is 42.0 Å². The summed E-state index contributed by atoms with van der Waals surface area (Å²) in [6.07, 6.45) is 5.25. The van der Waals surface area contributed by atoms with E-state index in [4.69, 9.17) is 11.6 Å². The van der Waals surface area contributed by atoms with Crippen molar-refractivity contribution in [1.82, 2.24) is 15.2 Å². The summed E-state index contributed by atoms with van der Waals surface area (Å²) in [5.74, 6) is -0.00245. The van der Waals surface area contributed by atoms with E-state index in [9.17, 15) is 4.79 Å². The molecule has 1 aromatic heterocycles. The van der Waals surface area contributed by atoms with Crippen LogP contribution in [0.2, 0.25) is 5.02 Å². The molecule has 1 aliphatic rings. The highest BCUT2D eigenvalue weighted by Gasteiger charge is 2.24. The van der Waals surface area contributed by atoms with Crippen LogP contribution in [0, 0.1) is 0 Å². The van der Waals surface area contributed by atoms with Gasteiger partial charge in [-0.2, -0.15) is 0 Å². The molecule has 0 aliphatic carbocycles. The van der Waals surface area contributed by atoms with Crippen LogP contribution < -0.4 is 5.32 Å². The van der Waals surface area contributed by atoms with Crippen LogP contribution in [-0.2, 0) is 0 Å². The Morgan fingerprint density at radius 1 is 1.65 bits per heavy atom. The molecule has 1 unspecified atom stereocenters. The minimum atomic E-state index is -0.00245. The molecule has 0 bridgehead atoms. The molecule has 0 saturated carbocycles. The van der Waals surface area contributed by atoms with Crippen molar-refractivity contribution in [2.75, 3.05) is 20.1 Å². The number of piperidine rings is 1. The predicted octanol–water partition coefficient (Wildman–Crippen LogP) is 1.56. The number of likely N-dealkylation sites (N-methyl/N-ethyl adjacent to an activating group) is 1. The van der Waals surface area contributed by atoms with E-state index in [1.165, 1.54) is 6.20 Å². The summed E-state index contributed by atoms with van der Waals surface area (Å²) in [4.78, 5) is 18.0. The van der Waals surface area contributed by atoms with Gasteiger partial charge in [-0.3, -0.25) is 9.78 Å². The predicted molar refractivity (Wildman–Crippen MR) is 67.2 cm³/mol. The zero-order valence-electron chi connectivity index (χ0n) is 9.82. The maximum Gasteiger partial charge on any atom is 0.255 e. The number of hydrogen-bond acceptors (Lipinski definition) is 3. The lowest BCUT2D eigenvalue weighted by Crippen LogP contribution is -2.47. The number of aromatic nitrogens is 1. The van der Waals surface area contributed by atoms with E-state index >= 15 is 0 Å². The van der Waals surface area contributed by atoms with Gasteiger partial charge in [0.05, 0.1) is 10.6 Å². The second kappa shape index (κ2) is 5.47. The highest BCUT2D eigenvalue weighted by atomic mass is 35.5. The van der Waals surface area contributed by atoms with E-state index < -0.39 is 0 Å². The molecule has 2 rings (SSSR count). The molecule has 0 aromatic carbocycles. The van der Waals surface area contributed by atoms with Gasteiger partial charge in [0.2, 0.25) is 0 Å². The Kier molecular flexibility index (Phi) is 3.97. The lowest BCUT2D eigenvalue weighted by molar-refractivity contribution is 0.0698. The fraction of sp³-hybridized carbons (Fsp3) is 0.500. The topological polar surface area (TPSA) is 45.2 Å². The molecule has 17 heavy (non-hydrogen) atoms. The molecule has 1 saturated heterocycles. The molecule has 1 atom stereocenters. The third-order valence-electron chi connectivity index (χ3n) is 3.12. The minimum absolute atomic E-state index is 0.00245. The van der Waals surface area contributed by atoms with Crippen molar-refractivity contribution in [2.45, 2.75) is 18.9 Å². The quantitative estimate of drug-likeness (QED) is 0.870. The maximum absolute atomic E-state index is 12.3. The largest absolute Gasteiger partial charge is 0.337 e. The number of halogens is 1. The van der Waals surface area contributed by atoms with Crippen molar-refractivity contribution in [3.05, 3.63) is 29.0 Å². The number of rotatable bonds is 2. The van der Waals surface area contributed by atoms with E-state index in [-0.39, 0.29) is 5.91 Å². The summed E-state index contributed by atoms with van der Waals surface area (Å²) in [5, 5.41) is 3.64. The summed E-state index contributed by atoms with van der Waals surface area (Å²) >= 11 is 5.98. The van der Waals surface area contributed by atoms with Crippen LogP contribution in [0.3, 0.4) is 0 Å². The van der Waals surface area contributed by atoms with Gasteiger partial charge in [-0.05, 0) is 26.0 Å². The van der Waals surface area contributed by atoms with Gasteiger partial charge in [-0.15, -0.1) is 0 Å². The van der Waals surface area contributed by atoms with Crippen molar-refractivity contribution in [1.29, 1.82) is 0 Å². The van der Waals surface area contributed by atoms with Crippen LogP contribution in [0.1, 0.15) is 23.2 Å². The molecule has 1 fully saturated rings. The molecule has 1 aliphatic heterocycles. The molecule has 5 heteroatoms. The van der Waals surface area contributed by atoms with Crippen LogP contribution in [0.5, 0.6) is 0 Å². The van der Waals surface area contributed by atoms with E-state index in [1.54, 1.807) is 12.3 Å². The van der Waals surface area contributed by atoms with Gasteiger partial charge >= 0.3 is 0 Å². The van der Waals surface area contributed by atoms with Crippen molar-refractivity contribution < 1.29 is 4.79 Å². The molecule has 2 heterocycles. The van der Waals surface area contributed by atoms with Crippen LogP contribution in [0.15, 0.2) is 18.5 Å². The Morgan fingerprint density at radius 3 is 3.18 bits per heavy atom. The molecular weight excluding hydrogens is 238 g/mol. The Morgan fingerprint density at radius 2 is 2.47 bits per heavy atom. The first-order valence-corrected chi connectivity index (χ1v) is 6.16. The van der Waals surface area contributed by atoms with Crippen LogP contribution in [0.25, 0.3) is 0 Å². The Labute approximate surface area is 106 Å². The molecule has 1 aromatic rings. The zero-order chi connectivity index (χ0) is 12.3. The fourth-order valence-corrected chi connectivity index (χ4v) is 2.32. The Bertz CT molecular complexity index is 410. The van der Waals surface area contributed by atoms with E-state index in [0.717, 1.165) is 25.9 Å². The van der Waals surface area contributed by atoms with Crippen LogP contribution in [0.4, 0.5) is 0 Å². The standard InChI is InChI=1S/C12H16ClN3O/c1-14-9-3-2-6-16(8-9)12(17)10-4-5-15-7-11(10)13/h4-5,7,9,14H,2-3,6,8H2,1H3. The van der Waals surface area contributed by atoms with Crippen LogP contribution >= 0.6 is 11.6 Å². The van der Waals surface area contributed by atoms with Gasteiger partial charge in [-0.25, -0.2) is 0 Å². The molecule has 1 amide bonds. The minimum Gasteiger partial charge on any atom is -0.337 e. The van der Waals surface area contributed by atoms with E-state index in [2.05, 4.69) is 10.3 Å². The second-order valence-corrected chi connectivity index (χ2v) is 4.64. The van der Waals surface area contributed by atoms with Gasteiger partial charge in [-0.1, -0.05) is 11.6 Å². The van der Waals surface area contributed by atoms with Crippen molar-refractivity contribution >= 4 is 17.5 Å². The number of carbonyl (C=O) groups excluding carboxylic acids is 1. The highest BCUT2D eigenvalue weighted by Crippen LogP contribution is 2.18. The number of carbonyl (C=O) groups is 1. The number of nitrogens with one attached hydrogen (secondary N) is 1. The zero-order valence-corrected chi connectivity index (χ0v) is 10.6. The number of amides is 1. The lowest BCUT2D eigenvalue weighted by atomic mass is 10.0. The highest BCUT2D eigenvalue weighted by molar-refractivity contribution is 6.33. The molecule has 92 valence electrons. The SMILES string of the molecule is CNC1CCCN(C(=O)c2ccncc2Cl)C1. The third-order valence-corrected chi connectivity index (χ3v) is 3.42. The number of hydrogen-bond donors (Lipinski definition) is 1. The van der Waals surface area contributed by atoms with Gasteiger partial charge in [0.25, 0.3) is 5.91 Å². The first kappa shape index (κ1) is 12.3. The Hall–Kier alpha value is -1.13. The molecule has 0 radical (unpaired) electrons. The molecule has 1 N–H and O–H groups in total. The monoisotopic (exact) mass is 253 g/mol. The first-order valence-electron chi connectivity index (χ1n) is 5.78. The summed E-state index contributed by atoms with van der Waals surface area (Å²) in [6.45, 7) is 1.55. The van der Waals surface area contributed by atoms with Gasteiger partial charge in [0, 0.05) is 31.5 Å². The third kappa shape index (κ3) is 2.76. The average Bonchev–Trinajstić information content (AvgIpc) is 2.38. The summed E-state index contributed by atoms with van der Waals surface area (Å²) in [6, 6.07) is 2.06. The average molecular weight is 254 g/mol. The number of pyridine rings is 1. The normalized spacial score (nSPS) is 20.4. The Balaban J connectivity index is 2.12. The summed E-state index contributed by atoms with van der Waals surface area (Å²) in [7, 11) is 1.93. The maximum atomic E-state index is 12.3. The molecule has 0 spiro atoms. The molecular formula is C12H16ClN3O. The van der Waals surface area contributed by atoms with Crippen molar-refractivity contribution in [3.63, 3.8) is 0 Å². The van der Waals surface area contributed by atoms with E-state index in [0.29, 0.717) is 16.6 Å². The lowest BCUT2D eigenvalue weighted by Gasteiger charge is -2.32.